The molecule has 0 bridgehead atoms. The molecule has 5 rings (SSSR count). The Kier molecular flexibility index (Phi) is 9.88. The number of alkyl halides is 3. The molecule has 1 N–H and O–H groups in total. The molecule has 4 aromatic rings. The van der Waals surface area contributed by atoms with Gasteiger partial charge in [0.2, 0.25) is 5.91 Å². The Morgan fingerprint density at radius 1 is 1.13 bits per heavy atom. The Hall–Kier alpha value is -4.23. The highest BCUT2D eigenvalue weighted by atomic mass is 32.2. The van der Waals surface area contributed by atoms with Crippen molar-refractivity contribution in [3.8, 4) is 22.8 Å². The molecular formula is C32H31F3N6O2S2. The van der Waals surface area contributed by atoms with Gasteiger partial charge in [-0.3, -0.25) is 9.69 Å². The molecule has 1 aromatic heterocycles. The van der Waals surface area contributed by atoms with E-state index in [2.05, 4.69) is 51.1 Å². The molecule has 1 fully saturated rings. The standard InChI is InChI=1S/C32H31F3N6O2S2/c1-4-5-23-7-6-20(2)16-27(23)41-28(42)18-45-31(41)38-30(44)36-17-21(3)22-8-10-24(11-9-22)29-37-19-40(39-29)25-12-14-26(15-13-25)43-32(33,34)35/h6-16,19,21H,4-5,17-18H2,1-3H3,(H,36,44)/b38-31-. The number of hydrogen-bond acceptors (Lipinski definition) is 6. The Morgan fingerprint density at radius 3 is 2.56 bits per heavy atom. The maximum absolute atomic E-state index is 12.9. The van der Waals surface area contributed by atoms with Crippen molar-refractivity contribution >= 4 is 45.9 Å². The molecule has 1 unspecified atom stereocenters. The van der Waals surface area contributed by atoms with Crippen molar-refractivity contribution in [1.82, 2.24) is 20.1 Å². The Morgan fingerprint density at radius 2 is 1.87 bits per heavy atom. The van der Waals surface area contributed by atoms with Crippen LogP contribution < -0.4 is 15.0 Å². The van der Waals surface area contributed by atoms with Crippen molar-refractivity contribution in [2.24, 2.45) is 4.99 Å². The predicted octanol–water partition coefficient (Wildman–Crippen LogP) is 7.21. The summed E-state index contributed by atoms with van der Waals surface area (Å²) in [6, 6.07) is 19.4. The van der Waals surface area contributed by atoms with Crippen molar-refractivity contribution in [2.75, 3.05) is 17.2 Å². The van der Waals surface area contributed by atoms with E-state index in [1.54, 1.807) is 4.90 Å². The number of ether oxygens (including phenoxy) is 1. The van der Waals surface area contributed by atoms with Gasteiger partial charge >= 0.3 is 6.36 Å². The van der Waals surface area contributed by atoms with E-state index >= 15 is 0 Å². The summed E-state index contributed by atoms with van der Waals surface area (Å²) in [5.74, 6) is 0.577. The first-order valence-corrected chi connectivity index (χ1v) is 15.7. The maximum Gasteiger partial charge on any atom is 0.573 e. The van der Waals surface area contributed by atoms with Gasteiger partial charge in [0.1, 0.15) is 12.1 Å². The molecule has 3 aromatic carbocycles. The van der Waals surface area contributed by atoms with Crippen LogP contribution in [0.1, 0.15) is 42.9 Å². The van der Waals surface area contributed by atoms with Crippen LogP contribution in [0.15, 0.2) is 78.0 Å². The zero-order chi connectivity index (χ0) is 32.1. The molecule has 0 radical (unpaired) electrons. The van der Waals surface area contributed by atoms with E-state index in [-0.39, 0.29) is 17.6 Å². The second kappa shape index (κ2) is 13.8. The van der Waals surface area contributed by atoms with E-state index in [0.717, 1.165) is 40.8 Å². The number of halogens is 3. The van der Waals surface area contributed by atoms with Gasteiger partial charge in [-0.05, 0) is 78.5 Å². The Labute approximate surface area is 268 Å². The number of carbonyl (C=O) groups is 1. The van der Waals surface area contributed by atoms with E-state index < -0.39 is 6.36 Å². The fourth-order valence-corrected chi connectivity index (χ4v) is 5.90. The highest BCUT2D eigenvalue weighted by molar-refractivity contribution is 8.15. The van der Waals surface area contributed by atoms with Crippen LogP contribution in [0.2, 0.25) is 0 Å². The second-order valence-corrected chi connectivity index (χ2v) is 11.9. The summed E-state index contributed by atoms with van der Waals surface area (Å²) in [5.41, 5.74) is 5.46. The summed E-state index contributed by atoms with van der Waals surface area (Å²) in [6.07, 6.45) is -1.41. The molecule has 0 aliphatic carbocycles. The monoisotopic (exact) mass is 652 g/mol. The second-order valence-electron chi connectivity index (χ2n) is 10.6. The number of aryl methyl sites for hydroxylation is 2. The summed E-state index contributed by atoms with van der Waals surface area (Å²) < 4.78 is 42.7. The first-order valence-electron chi connectivity index (χ1n) is 14.3. The number of benzene rings is 3. The lowest BCUT2D eigenvalue weighted by molar-refractivity contribution is -0.274. The number of nitrogens with one attached hydrogen (secondary N) is 1. The number of anilines is 1. The Bertz CT molecular complexity index is 1710. The van der Waals surface area contributed by atoms with Crippen LogP contribution in [-0.4, -0.2) is 49.6 Å². The highest BCUT2D eigenvalue weighted by Gasteiger charge is 2.32. The first-order chi connectivity index (χ1) is 21.5. The minimum atomic E-state index is -4.75. The van der Waals surface area contributed by atoms with Gasteiger partial charge in [-0.2, -0.15) is 4.99 Å². The number of amides is 1. The molecule has 45 heavy (non-hydrogen) atoms. The van der Waals surface area contributed by atoms with E-state index in [0.29, 0.717) is 34.1 Å². The van der Waals surface area contributed by atoms with Gasteiger partial charge in [0.15, 0.2) is 16.1 Å². The van der Waals surface area contributed by atoms with E-state index in [1.165, 1.54) is 47.0 Å². The van der Waals surface area contributed by atoms with Gasteiger partial charge in [0.05, 0.1) is 17.1 Å². The van der Waals surface area contributed by atoms with Crippen molar-refractivity contribution in [3.63, 3.8) is 0 Å². The average Bonchev–Trinajstić information content (AvgIpc) is 3.64. The number of hydrogen-bond donors (Lipinski definition) is 1. The number of nitrogens with zero attached hydrogens (tertiary/aromatic N) is 5. The summed E-state index contributed by atoms with van der Waals surface area (Å²) in [7, 11) is 0. The SMILES string of the molecule is CCCc1ccc(C)cc1N1C(=O)CS/C1=N\C(=S)NCC(C)c1ccc(-c2ncn(-c3ccc(OC(F)(F)F)cc3)n2)cc1. The third kappa shape index (κ3) is 8.08. The van der Waals surface area contributed by atoms with Crippen LogP contribution in [0.4, 0.5) is 18.9 Å². The Balaban J connectivity index is 1.20. The molecule has 1 atom stereocenters. The van der Waals surface area contributed by atoms with Gasteiger partial charge in [0.25, 0.3) is 0 Å². The molecule has 1 aliphatic rings. The lowest BCUT2D eigenvalue weighted by Crippen LogP contribution is -2.32. The van der Waals surface area contributed by atoms with Crippen molar-refractivity contribution in [2.45, 2.75) is 45.9 Å². The van der Waals surface area contributed by atoms with Gasteiger partial charge in [-0.15, -0.1) is 18.3 Å². The molecular weight excluding hydrogens is 622 g/mol. The van der Waals surface area contributed by atoms with Crippen LogP contribution in [0.25, 0.3) is 17.1 Å². The summed E-state index contributed by atoms with van der Waals surface area (Å²) in [4.78, 5) is 23.5. The topological polar surface area (TPSA) is 84.6 Å². The lowest BCUT2D eigenvalue weighted by atomic mass is 10.00. The van der Waals surface area contributed by atoms with Gasteiger partial charge < -0.3 is 10.1 Å². The smallest absolute Gasteiger partial charge is 0.406 e. The van der Waals surface area contributed by atoms with E-state index in [4.69, 9.17) is 12.2 Å². The third-order valence-electron chi connectivity index (χ3n) is 7.09. The van der Waals surface area contributed by atoms with E-state index in [1.807, 2.05) is 37.3 Å². The molecule has 0 saturated carbocycles. The molecule has 8 nitrogen and oxygen atoms in total. The van der Waals surface area contributed by atoms with Crippen LogP contribution in [0.3, 0.4) is 0 Å². The van der Waals surface area contributed by atoms with Gasteiger partial charge in [-0.1, -0.05) is 68.4 Å². The molecule has 234 valence electrons. The summed E-state index contributed by atoms with van der Waals surface area (Å²) in [6.45, 7) is 6.74. The lowest BCUT2D eigenvalue weighted by Gasteiger charge is -2.21. The van der Waals surface area contributed by atoms with Crippen LogP contribution in [-0.2, 0) is 11.2 Å². The third-order valence-corrected chi connectivity index (χ3v) is 8.25. The summed E-state index contributed by atoms with van der Waals surface area (Å²) >= 11 is 6.93. The molecule has 1 saturated heterocycles. The molecule has 0 spiro atoms. The average molecular weight is 653 g/mol. The number of thioether (sulfide) groups is 1. The van der Waals surface area contributed by atoms with Crippen molar-refractivity contribution < 1.29 is 22.7 Å². The molecule has 1 amide bonds. The predicted molar refractivity (Wildman–Crippen MR) is 175 cm³/mol. The molecule has 13 heteroatoms. The van der Waals surface area contributed by atoms with Crippen molar-refractivity contribution in [1.29, 1.82) is 0 Å². The van der Waals surface area contributed by atoms with Gasteiger partial charge in [0, 0.05) is 12.1 Å². The quantitative estimate of drug-likeness (QED) is 0.191. The number of rotatable bonds is 9. The largest absolute Gasteiger partial charge is 0.573 e. The molecule has 2 heterocycles. The zero-order valence-electron chi connectivity index (χ0n) is 24.8. The first kappa shape index (κ1) is 32.2. The normalized spacial score (nSPS) is 15.0. The number of aliphatic imine (C=N–C) groups is 1. The number of aromatic nitrogens is 3. The van der Waals surface area contributed by atoms with Crippen LogP contribution in [0.5, 0.6) is 5.75 Å². The maximum atomic E-state index is 12.9. The van der Waals surface area contributed by atoms with E-state index in [9.17, 15) is 18.0 Å². The molecule has 1 aliphatic heterocycles. The van der Waals surface area contributed by atoms with Gasteiger partial charge in [-0.25, -0.2) is 9.67 Å². The number of thiocarbonyl (C=S) groups is 1. The number of amidine groups is 1. The fraction of sp³-hybridized carbons (Fsp3) is 0.281. The minimum Gasteiger partial charge on any atom is -0.406 e. The van der Waals surface area contributed by atoms with Crippen LogP contribution >= 0.6 is 24.0 Å². The van der Waals surface area contributed by atoms with Crippen molar-refractivity contribution in [3.05, 3.63) is 89.7 Å². The van der Waals surface area contributed by atoms with Crippen LogP contribution in [0, 0.1) is 6.92 Å². The zero-order valence-corrected chi connectivity index (χ0v) is 26.5. The highest BCUT2D eigenvalue weighted by Crippen LogP contribution is 2.31. The summed E-state index contributed by atoms with van der Waals surface area (Å²) in [5, 5.41) is 8.58. The fourth-order valence-electron chi connectivity index (χ4n) is 4.81. The number of carbonyl (C=O) groups excluding carboxylic acids is 1. The minimum absolute atomic E-state index is 0.00859.